The first-order chi connectivity index (χ1) is 15.6. The maximum atomic E-state index is 13.4. The molecule has 0 aliphatic heterocycles. The normalized spacial score (nSPS) is 10.7. The minimum Gasteiger partial charge on any atom is -0.497 e. The molecule has 7 nitrogen and oxygen atoms in total. The molecule has 0 aliphatic rings. The highest BCUT2D eigenvalue weighted by molar-refractivity contribution is 5.94. The van der Waals surface area contributed by atoms with Crippen molar-refractivity contribution in [3.05, 3.63) is 100 Å². The molecule has 32 heavy (non-hydrogen) atoms. The lowest BCUT2D eigenvalue weighted by Crippen LogP contribution is -2.31. The Balaban J connectivity index is 1.69. The summed E-state index contributed by atoms with van der Waals surface area (Å²) < 4.78 is 10.5. The molecule has 0 radical (unpaired) electrons. The van der Waals surface area contributed by atoms with Crippen LogP contribution in [-0.2, 0) is 13.1 Å². The summed E-state index contributed by atoms with van der Waals surface area (Å²) in [6.45, 7) is 0.471. The molecule has 3 aromatic carbocycles. The van der Waals surface area contributed by atoms with Crippen LogP contribution in [0.1, 0.15) is 21.7 Å². The van der Waals surface area contributed by atoms with Gasteiger partial charge in [0.15, 0.2) is 0 Å². The van der Waals surface area contributed by atoms with Crippen LogP contribution in [0.25, 0.3) is 10.9 Å². The minimum atomic E-state index is -0.233. The fourth-order valence-corrected chi connectivity index (χ4v) is 3.48. The largest absolute Gasteiger partial charge is 0.497 e. The van der Waals surface area contributed by atoms with E-state index in [2.05, 4.69) is 9.97 Å². The maximum Gasteiger partial charge on any atom is 0.258 e. The lowest BCUT2D eigenvalue weighted by Gasteiger charge is -2.23. The molecule has 4 aromatic rings. The van der Waals surface area contributed by atoms with Gasteiger partial charge in [0.05, 0.1) is 31.7 Å². The highest BCUT2D eigenvalue weighted by Crippen LogP contribution is 2.19. The molecule has 0 atom stereocenters. The molecule has 0 saturated heterocycles. The molecule has 7 heteroatoms. The van der Waals surface area contributed by atoms with Crippen molar-refractivity contribution in [1.82, 2.24) is 14.9 Å². The van der Waals surface area contributed by atoms with Crippen molar-refractivity contribution >= 4 is 16.8 Å². The van der Waals surface area contributed by atoms with Crippen molar-refractivity contribution in [2.75, 3.05) is 14.2 Å². The second kappa shape index (κ2) is 9.34. The van der Waals surface area contributed by atoms with Crippen LogP contribution in [0.5, 0.6) is 11.5 Å². The van der Waals surface area contributed by atoms with Gasteiger partial charge in [-0.2, -0.15) is 0 Å². The lowest BCUT2D eigenvalue weighted by atomic mass is 10.1. The van der Waals surface area contributed by atoms with Gasteiger partial charge in [-0.3, -0.25) is 9.59 Å². The smallest absolute Gasteiger partial charge is 0.258 e. The zero-order valence-electron chi connectivity index (χ0n) is 17.9. The van der Waals surface area contributed by atoms with Crippen LogP contribution in [0.2, 0.25) is 0 Å². The molecular weight excluding hydrogens is 406 g/mol. The number of hydrogen-bond donors (Lipinski definition) is 1. The second-order valence-corrected chi connectivity index (χ2v) is 7.27. The average molecular weight is 429 g/mol. The van der Waals surface area contributed by atoms with E-state index in [9.17, 15) is 9.59 Å². The first-order valence-corrected chi connectivity index (χ1v) is 10.1. The lowest BCUT2D eigenvalue weighted by molar-refractivity contribution is 0.0725. The van der Waals surface area contributed by atoms with Crippen LogP contribution < -0.4 is 15.0 Å². The number of H-pyrrole nitrogens is 1. The molecule has 0 saturated carbocycles. The summed E-state index contributed by atoms with van der Waals surface area (Å²) in [5.74, 6) is 1.55. The third kappa shape index (κ3) is 4.62. The standard InChI is InChI=1S/C25H23N3O4/c1-31-19-12-10-17(11-13-19)15-28(25(30)18-6-5-7-20(14-18)32-2)16-23-26-22-9-4-3-8-21(22)24(29)27-23/h3-14H,15-16H2,1-2H3,(H,26,27,29). The minimum absolute atomic E-state index is 0.141. The number of hydrogen-bond acceptors (Lipinski definition) is 5. The summed E-state index contributed by atoms with van der Waals surface area (Å²) in [6, 6.07) is 21.6. The summed E-state index contributed by atoms with van der Waals surface area (Å²) in [7, 11) is 3.16. The number of rotatable bonds is 7. The van der Waals surface area contributed by atoms with Gasteiger partial charge in [0.1, 0.15) is 17.3 Å². The van der Waals surface area contributed by atoms with E-state index >= 15 is 0 Å². The highest BCUT2D eigenvalue weighted by Gasteiger charge is 2.19. The molecule has 0 unspecified atom stereocenters. The van der Waals surface area contributed by atoms with Crippen molar-refractivity contribution in [1.29, 1.82) is 0 Å². The Morgan fingerprint density at radius 3 is 2.41 bits per heavy atom. The number of benzene rings is 3. The number of aromatic amines is 1. The van der Waals surface area contributed by atoms with Crippen molar-refractivity contribution in [3.8, 4) is 11.5 Å². The van der Waals surface area contributed by atoms with Crippen LogP contribution >= 0.6 is 0 Å². The van der Waals surface area contributed by atoms with Crippen molar-refractivity contribution in [2.24, 2.45) is 0 Å². The van der Waals surface area contributed by atoms with Gasteiger partial charge in [-0.15, -0.1) is 0 Å². The summed E-state index contributed by atoms with van der Waals surface area (Å²) in [6.07, 6.45) is 0. The number of nitrogens with one attached hydrogen (secondary N) is 1. The number of fused-ring (bicyclic) bond motifs is 1. The Bertz CT molecular complexity index is 1300. The van der Waals surface area contributed by atoms with Crippen LogP contribution in [-0.4, -0.2) is 35.0 Å². The topological polar surface area (TPSA) is 84.5 Å². The Labute approximate surface area is 185 Å². The Morgan fingerprint density at radius 2 is 1.66 bits per heavy atom. The Morgan fingerprint density at radius 1 is 0.906 bits per heavy atom. The molecule has 1 amide bonds. The zero-order valence-corrected chi connectivity index (χ0v) is 17.9. The number of aromatic nitrogens is 2. The molecule has 162 valence electrons. The summed E-state index contributed by atoms with van der Waals surface area (Å²) in [5, 5.41) is 0.511. The number of amides is 1. The van der Waals surface area contributed by atoms with Gasteiger partial charge in [-0.05, 0) is 48.0 Å². The summed E-state index contributed by atoms with van der Waals surface area (Å²) in [4.78, 5) is 34.9. The van der Waals surface area contributed by atoms with Crippen molar-refractivity contribution in [3.63, 3.8) is 0 Å². The third-order valence-electron chi connectivity index (χ3n) is 5.14. The van der Waals surface area contributed by atoms with E-state index in [0.717, 1.165) is 11.3 Å². The number of ether oxygens (including phenoxy) is 2. The van der Waals surface area contributed by atoms with Crippen molar-refractivity contribution < 1.29 is 14.3 Å². The number of carbonyl (C=O) groups excluding carboxylic acids is 1. The average Bonchev–Trinajstić information content (AvgIpc) is 2.83. The number of nitrogens with zero attached hydrogens (tertiary/aromatic N) is 2. The molecule has 4 rings (SSSR count). The molecule has 1 heterocycles. The quantitative estimate of drug-likeness (QED) is 0.483. The first kappa shape index (κ1) is 21.1. The van der Waals surface area contributed by atoms with Crippen LogP contribution in [0.3, 0.4) is 0 Å². The van der Waals surface area contributed by atoms with Gasteiger partial charge in [0.25, 0.3) is 11.5 Å². The van der Waals surface area contributed by atoms with Gasteiger partial charge in [-0.1, -0.05) is 30.3 Å². The van der Waals surface area contributed by atoms with Crippen LogP contribution in [0, 0.1) is 0 Å². The van der Waals surface area contributed by atoms with E-state index in [-0.39, 0.29) is 18.0 Å². The summed E-state index contributed by atoms with van der Waals surface area (Å²) >= 11 is 0. The fourth-order valence-electron chi connectivity index (χ4n) is 3.48. The van der Waals surface area contributed by atoms with Gasteiger partial charge in [-0.25, -0.2) is 4.98 Å². The Kier molecular flexibility index (Phi) is 6.17. The maximum absolute atomic E-state index is 13.4. The number of methoxy groups -OCH3 is 2. The van der Waals surface area contributed by atoms with Gasteiger partial charge < -0.3 is 19.4 Å². The first-order valence-electron chi connectivity index (χ1n) is 10.1. The second-order valence-electron chi connectivity index (χ2n) is 7.27. The highest BCUT2D eigenvalue weighted by atomic mass is 16.5. The monoisotopic (exact) mass is 429 g/mol. The molecular formula is C25H23N3O4. The van der Waals surface area contributed by atoms with Crippen LogP contribution in [0.4, 0.5) is 0 Å². The Hall–Kier alpha value is -4.13. The number of para-hydroxylation sites is 1. The molecule has 0 spiro atoms. The van der Waals surface area contributed by atoms with Crippen molar-refractivity contribution in [2.45, 2.75) is 13.1 Å². The number of carbonyl (C=O) groups is 1. The fraction of sp³-hybridized carbons (Fsp3) is 0.160. The SMILES string of the molecule is COc1ccc(CN(Cc2nc3ccccc3c(=O)[nH]2)C(=O)c2cccc(OC)c2)cc1. The summed E-state index contributed by atoms with van der Waals surface area (Å²) in [5.41, 5.74) is 1.76. The molecule has 0 aliphatic carbocycles. The molecule has 0 bridgehead atoms. The van der Waals surface area contributed by atoms with E-state index in [0.29, 0.717) is 34.6 Å². The van der Waals surface area contributed by atoms with Gasteiger partial charge in [0, 0.05) is 12.1 Å². The van der Waals surface area contributed by atoms with E-state index in [4.69, 9.17) is 9.47 Å². The predicted molar refractivity (Wildman–Crippen MR) is 122 cm³/mol. The molecule has 0 fully saturated rings. The van der Waals surface area contributed by atoms with E-state index in [1.54, 1.807) is 61.6 Å². The van der Waals surface area contributed by atoms with Gasteiger partial charge in [0.2, 0.25) is 0 Å². The molecule has 1 N–H and O–H groups in total. The van der Waals surface area contributed by atoms with E-state index in [1.165, 1.54) is 0 Å². The zero-order chi connectivity index (χ0) is 22.5. The predicted octanol–water partition coefficient (Wildman–Crippen LogP) is 3.78. The van der Waals surface area contributed by atoms with E-state index in [1.807, 2.05) is 30.3 Å². The van der Waals surface area contributed by atoms with Crippen LogP contribution in [0.15, 0.2) is 77.6 Å². The molecule has 1 aromatic heterocycles. The third-order valence-corrected chi connectivity index (χ3v) is 5.14. The van der Waals surface area contributed by atoms with E-state index < -0.39 is 0 Å². The van der Waals surface area contributed by atoms with Gasteiger partial charge >= 0.3 is 0 Å².